The van der Waals surface area contributed by atoms with Crippen molar-refractivity contribution < 1.29 is 18.0 Å². The zero-order chi connectivity index (χ0) is 18.0. The van der Waals surface area contributed by atoms with Gasteiger partial charge >= 0.3 is 6.18 Å². The molecule has 132 valence electrons. The molecule has 1 fully saturated rings. The number of hydrogen-bond acceptors (Lipinski definition) is 2. The zero-order valence-corrected chi connectivity index (χ0v) is 13.7. The molecule has 3 rings (SSSR count). The summed E-state index contributed by atoms with van der Waals surface area (Å²) in [6.07, 6.45) is 4.12. The van der Waals surface area contributed by atoms with Crippen LogP contribution in [0.25, 0.3) is 6.08 Å². The average molecular weight is 349 g/mol. The second-order valence-electron chi connectivity index (χ2n) is 6.17. The highest BCUT2D eigenvalue weighted by atomic mass is 19.4. The van der Waals surface area contributed by atoms with Crippen molar-refractivity contribution in [3.8, 4) is 0 Å². The highest BCUT2D eigenvalue weighted by Crippen LogP contribution is 2.31. The molecule has 0 bridgehead atoms. The molecule has 0 atom stereocenters. The molecule has 0 radical (unpaired) electrons. The Morgan fingerprint density at radius 1 is 1.32 bits per heavy atom. The van der Waals surface area contributed by atoms with Crippen LogP contribution in [-0.2, 0) is 24.6 Å². The van der Waals surface area contributed by atoms with Crippen molar-refractivity contribution in [3.63, 3.8) is 0 Å². The molecule has 0 unspecified atom stereocenters. The molecule has 0 saturated heterocycles. The quantitative estimate of drug-likeness (QED) is 0.773. The second-order valence-corrected chi connectivity index (χ2v) is 6.17. The minimum atomic E-state index is -4.35. The Labute approximate surface area is 143 Å². The van der Waals surface area contributed by atoms with Crippen LogP contribution in [0, 0.1) is 0 Å². The molecule has 0 aliphatic heterocycles. The van der Waals surface area contributed by atoms with Crippen molar-refractivity contribution in [3.05, 3.63) is 59.4 Å². The van der Waals surface area contributed by atoms with Crippen LogP contribution in [0.15, 0.2) is 42.7 Å². The van der Waals surface area contributed by atoms with E-state index in [1.807, 2.05) is 0 Å². The van der Waals surface area contributed by atoms with E-state index in [0.29, 0.717) is 12.1 Å². The first kappa shape index (κ1) is 17.3. The molecule has 25 heavy (non-hydrogen) atoms. The van der Waals surface area contributed by atoms with Gasteiger partial charge in [0, 0.05) is 37.5 Å². The molecular formula is C18H18F3N3O. The molecule has 1 heterocycles. The molecule has 1 aliphatic rings. The van der Waals surface area contributed by atoms with Gasteiger partial charge in [0.25, 0.3) is 0 Å². The summed E-state index contributed by atoms with van der Waals surface area (Å²) in [6, 6.07) is 5.12. The maximum absolute atomic E-state index is 12.6. The van der Waals surface area contributed by atoms with Gasteiger partial charge in [-0.05, 0) is 36.6 Å². The topological polar surface area (TPSA) is 38.1 Å². The van der Waals surface area contributed by atoms with Gasteiger partial charge in [-0.2, -0.15) is 18.3 Å². The number of nitrogens with zero attached hydrogens (tertiary/aromatic N) is 3. The monoisotopic (exact) mass is 349 g/mol. The summed E-state index contributed by atoms with van der Waals surface area (Å²) in [5, 5.41) is 4.03. The van der Waals surface area contributed by atoms with Gasteiger partial charge in [-0.25, -0.2) is 0 Å². The molecule has 2 aromatic rings. The SMILES string of the molecule is Cn1cc(/C=C/C(=O)N(Cc2ccc(C(F)(F)F)cc2)C2CC2)cn1. The van der Waals surface area contributed by atoms with E-state index in [-0.39, 0.29) is 11.9 Å². The van der Waals surface area contributed by atoms with E-state index in [9.17, 15) is 18.0 Å². The largest absolute Gasteiger partial charge is 0.416 e. The fraction of sp³-hybridized carbons (Fsp3) is 0.333. The van der Waals surface area contributed by atoms with Crippen molar-refractivity contribution in [2.24, 2.45) is 7.05 Å². The lowest BCUT2D eigenvalue weighted by atomic mass is 10.1. The van der Waals surface area contributed by atoms with Gasteiger partial charge < -0.3 is 4.90 Å². The molecular weight excluding hydrogens is 331 g/mol. The van der Waals surface area contributed by atoms with Crippen molar-refractivity contribution in [2.75, 3.05) is 0 Å². The average Bonchev–Trinajstić information content (AvgIpc) is 3.31. The standard InChI is InChI=1S/C18H18F3N3O/c1-23-11-14(10-22-23)4-9-17(25)24(16-7-8-16)12-13-2-5-15(6-3-13)18(19,20)21/h2-6,9-11,16H,7-8,12H2,1H3/b9-4+. The number of halogens is 3. The van der Waals surface area contributed by atoms with Crippen LogP contribution in [0.5, 0.6) is 0 Å². The van der Waals surface area contributed by atoms with Gasteiger partial charge in [-0.3, -0.25) is 9.48 Å². The molecule has 7 heteroatoms. The van der Waals surface area contributed by atoms with Gasteiger partial charge in [0.15, 0.2) is 0 Å². The zero-order valence-electron chi connectivity index (χ0n) is 13.7. The number of aromatic nitrogens is 2. The van der Waals surface area contributed by atoms with Crippen LogP contribution in [0.4, 0.5) is 13.2 Å². The third kappa shape index (κ3) is 4.49. The van der Waals surface area contributed by atoms with Crippen LogP contribution < -0.4 is 0 Å². The minimum absolute atomic E-state index is 0.147. The van der Waals surface area contributed by atoms with Gasteiger partial charge in [0.2, 0.25) is 5.91 Å². The Balaban J connectivity index is 1.69. The van der Waals surface area contributed by atoms with E-state index in [1.165, 1.54) is 18.2 Å². The lowest BCUT2D eigenvalue weighted by Crippen LogP contribution is -2.31. The fourth-order valence-electron chi connectivity index (χ4n) is 2.56. The number of carbonyl (C=O) groups excluding carboxylic acids is 1. The van der Waals surface area contributed by atoms with Crippen LogP contribution in [0.3, 0.4) is 0 Å². The van der Waals surface area contributed by atoms with E-state index < -0.39 is 11.7 Å². The molecule has 1 aromatic heterocycles. The molecule has 0 N–H and O–H groups in total. The minimum Gasteiger partial charge on any atom is -0.332 e. The summed E-state index contributed by atoms with van der Waals surface area (Å²) in [7, 11) is 1.79. The normalized spacial score (nSPS) is 14.9. The van der Waals surface area contributed by atoms with Crippen LogP contribution in [-0.4, -0.2) is 26.6 Å². The maximum Gasteiger partial charge on any atom is 0.416 e. The molecule has 0 spiro atoms. The number of aryl methyl sites for hydroxylation is 1. The van der Waals surface area contributed by atoms with Crippen LogP contribution in [0.2, 0.25) is 0 Å². The summed E-state index contributed by atoms with van der Waals surface area (Å²) >= 11 is 0. The summed E-state index contributed by atoms with van der Waals surface area (Å²) in [6.45, 7) is 0.305. The van der Waals surface area contributed by atoms with E-state index in [2.05, 4.69) is 5.10 Å². The number of carbonyl (C=O) groups is 1. The van der Waals surface area contributed by atoms with Gasteiger partial charge in [0.1, 0.15) is 0 Å². The first-order valence-electron chi connectivity index (χ1n) is 7.96. The predicted molar refractivity (Wildman–Crippen MR) is 87.3 cm³/mol. The summed E-state index contributed by atoms with van der Waals surface area (Å²) in [5.74, 6) is -0.147. The highest BCUT2D eigenvalue weighted by Gasteiger charge is 2.32. The first-order chi connectivity index (χ1) is 11.8. The molecule has 4 nitrogen and oxygen atoms in total. The van der Waals surface area contributed by atoms with Crippen molar-refractivity contribution in [1.29, 1.82) is 0 Å². The third-order valence-corrected chi connectivity index (χ3v) is 4.05. The lowest BCUT2D eigenvalue weighted by molar-refractivity contribution is -0.137. The van der Waals surface area contributed by atoms with Crippen molar-refractivity contribution in [2.45, 2.75) is 31.6 Å². The summed E-state index contributed by atoms with van der Waals surface area (Å²) < 4.78 is 39.5. The van der Waals surface area contributed by atoms with Gasteiger partial charge in [-0.15, -0.1) is 0 Å². The van der Waals surface area contributed by atoms with Crippen molar-refractivity contribution >= 4 is 12.0 Å². The third-order valence-electron chi connectivity index (χ3n) is 4.05. The van der Waals surface area contributed by atoms with E-state index >= 15 is 0 Å². The lowest BCUT2D eigenvalue weighted by Gasteiger charge is -2.21. The number of rotatable bonds is 5. The Morgan fingerprint density at radius 2 is 2.00 bits per heavy atom. The van der Waals surface area contributed by atoms with Crippen LogP contribution in [0.1, 0.15) is 29.5 Å². The summed E-state index contributed by atoms with van der Waals surface area (Å²) in [4.78, 5) is 14.2. The molecule has 1 aliphatic carbocycles. The Bertz CT molecular complexity index is 774. The Hall–Kier alpha value is -2.57. The number of amides is 1. The fourth-order valence-corrected chi connectivity index (χ4v) is 2.56. The number of benzene rings is 1. The highest BCUT2D eigenvalue weighted by molar-refractivity contribution is 5.92. The number of alkyl halides is 3. The first-order valence-corrected chi connectivity index (χ1v) is 7.96. The van der Waals surface area contributed by atoms with E-state index in [0.717, 1.165) is 30.5 Å². The predicted octanol–water partition coefficient (Wildman–Crippen LogP) is 3.64. The number of hydrogen-bond donors (Lipinski definition) is 0. The molecule has 1 amide bonds. The molecule has 1 saturated carbocycles. The molecule has 1 aromatic carbocycles. The van der Waals surface area contributed by atoms with Crippen molar-refractivity contribution in [1.82, 2.24) is 14.7 Å². The Kier molecular flexibility index (Phi) is 4.65. The van der Waals surface area contributed by atoms with E-state index in [1.54, 1.807) is 35.1 Å². The van der Waals surface area contributed by atoms with Crippen LogP contribution >= 0.6 is 0 Å². The second kappa shape index (κ2) is 6.74. The maximum atomic E-state index is 12.6. The Morgan fingerprint density at radius 3 is 2.52 bits per heavy atom. The van der Waals surface area contributed by atoms with E-state index in [4.69, 9.17) is 0 Å². The van der Waals surface area contributed by atoms with Gasteiger partial charge in [-0.1, -0.05) is 12.1 Å². The smallest absolute Gasteiger partial charge is 0.332 e. The summed E-state index contributed by atoms with van der Waals surface area (Å²) in [5.41, 5.74) is 0.821. The van der Waals surface area contributed by atoms with Gasteiger partial charge in [0.05, 0.1) is 11.8 Å².